The first kappa shape index (κ1) is 14.0. The van der Waals surface area contributed by atoms with Crippen LogP contribution in [-0.4, -0.2) is 40.1 Å². The lowest BCUT2D eigenvalue weighted by Gasteiger charge is -2.20. The Morgan fingerprint density at radius 3 is 2.56 bits per heavy atom. The van der Waals surface area contributed by atoms with Crippen molar-refractivity contribution in [3.63, 3.8) is 0 Å². The number of nitrogens with one attached hydrogen (secondary N) is 1. The van der Waals surface area contributed by atoms with Crippen molar-refractivity contribution in [2.75, 3.05) is 7.05 Å². The van der Waals surface area contributed by atoms with E-state index in [1.807, 2.05) is 0 Å². The molecule has 2 N–H and O–H groups in total. The van der Waals surface area contributed by atoms with Crippen LogP contribution in [0.1, 0.15) is 18.9 Å². The average Bonchev–Trinajstić information content (AvgIpc) is 2.36. The maximum Gasteiger partial charge on any atom is 0.326 e. The Balaban J connectivity index is 2.54. The molecule has 0 saturated carbocycles. The van der Waals surface area contributed by atoms with E-state index < -0.39 is 18.0 Å². The number of carbonyl (C=O) groups excluding carboxylic acids is 1. The van der Waals surface area contributed by atoms with Crippen molar-refractivity contribution < 1.29 is 14.7 Å². The predicted octanol–water partition coefficient (Wildman–Crippen LogP) is 1.09. The average molecular weight is 251 g/mol. The molecule has 0 aliphatic carbocycles. The van der Waals surface area contributed by atoms with Gasteiger partial charge in [-0.2, -0.15) is 0 Å². The number of nitrogens with zero attached hydrogens (tertiary/aromatic N) is 2. The number of carboxylic acids is 1. The molecule has 98 valence electrons. The summed E-state index contributed by atoms with van der Waals surface area (Å²) >= 11 is 0. The number of urea groups is 1. The van der Waals surface area contributed by atoms with Crippen molar-refractivity contribution >= 4 is 12.0 Å². The molecule has 1 rings (SSSR count). The van der Waals surface area contributed by atoms with Crippen LogP contribution in [0.15, 0.2) is 24.5 Å². The van der Waals surface area contributed by atoms with Crippen LogP contribution in [-0.2, 0) is 11.3 Å². The minimum Gasteiger partial charge on any atom is -0.480 e. The minimum atomic E-state index is -1.02. The van der Waals surface area contributed by atoms with Gasteiger partial charge in [-0.25, -0.2) is 9.59 Å². The quantitative estimate of drug-likeness (QED) is 0.820. The predicted molar refractivity (Wildman–Crippen MR) is 66.0 cm³/mol. The van der Waals surface area contributed by atoms with Crippen molar-refractivity contribution in [3.8, 4) is 0 Å². The Labute approximate surface area is 106 Å². The highest BCUT2D eigenvalue weighted by Crippen LogP contribution is 2.02. The third kappa shape index (κ3) is 4.04. The Morgan fingerprint density at radius 1 is 1.44 bits per heavy atom. The fraction of sp³-hybridized carbons (Fsp3) is 0.417. The maximum atomic E-state index is 11.8. The Hall–Kier alpha value is -2.11. The summed E-state index contributed by atoms with van der Waals surface area (Å²) in [5.41, 5.74) is 0.936. The van der Waals surface area contributed by atoms with E-state index in [0.29, 0.717) is 13.0 Å². The zero-order chi connectivity index (χ0) is 13.5. The molecule has 2 amide bonds. The number of hydrogen-bond donors (Lipinski definition) is 2. The maximum absolute atomic E-state index is 11.8. The van der Waals surface area contributed by atoms with Crippen LogP contribution in [0.3, 0.4) is 0 Å². The molecule has 0 bridgehead atoms. The fourth-order valence-corrected chi connectivity index (χ4v) is 1.43. The number of carbonyl (C=O) groups is 2. The molecule has 0 fully saturated rings. The second kappa shape index (κ2) is 6.58. The summed E-state index contributed by atoms with van der Waals surface area (Å²) in [6.07, 6.45) is 3.64. The molecule has 1 aromatic heterocycles. The van der Waals surface area contributed by atoms with Crippen LogP contribution in [0.4, 0.5) is 4.79 Å². The number of amides is 2. The normalized spacial score (nSPS) is 11.7. The number of hydrogen-bond acceptors (Lipinski definition) is 3. The lowest BCUT2D eigenvalue weighted by molar-refractivity contribution is -0.139. The van der Waals surface area contributed by atoms with Crippen LogP contribution >= 0.6 is 0 Å². The van der Waals surface area contributed by atoms with Gasteiger partial charge in [0.25, 0.3) is 0 Å². The van der Waals surface area contributed by atoms with Gasteiger partial charge in [0.15, 0.2) is 0 Å². The molecule has 6 nitrogen and oxygen atoms in total. The third-order valence-electron chi connectivity index (χ3n) is 2.52. The van der Waals surface area contributed by atoms with Crippen molar-refractivity contribution in [3.05, 3.63) is 30.1 Å². The lowest BCUT2D eigenvalue weighted by Crippen LogP contribution is -2.46. The summed E-state index contributed by atoms with van der Waals surface area (Å²) in [5, 5.41) is 11.3. The number of aliphatic carboxylic acids is 1. The molecule has 0 aromatic carbocycles. The Morgan fingerprint density at radius 2 is 2.06 bits per heavy atom. The van der Waals surface area contributed by atoms with Crippen molar-refractivity contribution in [2.45, 2.75) is 25.9 Å². The molecule has 1 aromatic rings. The molecule has 0 spiro atoms. The molecule has 1 atom stereocenters. The van der Waals surface area contributed by atoms with Gasteiger partial charge >= 0.3 is 12.0 Å². The summed E-state index contributed by atoms with van der Waals surface area (Å²) in [6, 6.07) is 2.36. The lowest BCUT2D eigenvalue weighted by atomic mass is 10.2. The SMILES string of the molecule is CCC(NC(=O)N(C)Cc1ccncc1)C(=O)O. The van der Waals surface area contributed by atoms with Crippen LogP contribution < -0.4 is 5.32 Å². The zero-order valence-corrected chi connectivity index (χ0v) is 10.5. The number of rotatable bonds is 5. The smallest absolute Gasteiger partial charge is 0.326 e. The minimum absolute atomic E-state index is 0.351. The Bertz CT molecular complexity index is 408. The van der Waals surface area contributed by atoms with Gasteiger partial charge in [-0.15, -0.1) is 0 Å². The van der Waals surface area contributed by atoms with Gasteiger partial charge in [-0.05, 0) is 24.1 Å². The largest absolute Gasteiger partial charge is 0.480 e. The van der Waals surface area contributed by atoms with E-state index in [1.165, 1.54) is 4.90 Å². The van der Waals surface area contributed by atoms with Gasteiger partial charge < -0.3 is 15.3 Å². The van der Waals surface area contributed by atoms with Gasteiger partial charge in [0.05, 0.1) is 0 Å². The summed E-state index contributed by atoms with van der Waals surface area (Å²) < 4.78 is 0. The van der Waals surface area contributed by atoms with Gasteiger partial charge in [-0.3, -0.25) is 4.98 Å². The van der Waals surface area contributed by atoms with Crippen molar-refractivity contribution in [1.82, 2.24) is 15.2 Å². The Kier molecular flexibility index (Phi) is 5.10. The fourth-order valence-electron chi connectivity index (χ4n) is 1.43. The highest BCUT2D eigenvalue weighted by atomic mass is 16.4. The molecule has 1 heterocycles. The monoisotopic (exact) mass is 251 g/mol. The van der Waals surface area contributed by atoms with E-state index in [0.717, 1.165) is 5.56 Å². The van der Waals surface area contributed by atoms with Gasteiger partial charge in [0, 0.05) is 26.0 Å². The highest BCUT2D eigenvalue weighted by molar-refractivity contribution is 5.82. The summed E-state index contributed by atoms with van der Waals surface area (Å²) in [7, 11) is 1.62. The second-order valence-electron chi connectivity index (χ2n) is 3.96. The molecule has 0 radical (unpaired) electrons. The van der Waals surface area contributed by atoms with E-state index in [9.17, 15) is 9.59 Å². The molecular formula is C12H17N3O3. The van der Waals surface area contributed by atoms with Crippen LogP contribution in [0.25, 0.3) is 0 Å². The van der Waals surface area contributed by atoms with Gasteiger partial charge in [-0.1, -0.05) is 6.92 Å². The van der Waals surface area contributed by atoms with E-state index in [2.05, 4.69) is 10.3 Å². The molecule has 0 saturated heterocycles. The number of carboxylic acid groups (broad SMARTS) is 1. The molecular weight excluding hydrogens is 234 g/mol. The molecule has 18 heavy (non-hydrogen) atoms. The molecule has 0 aliphatic rings. The topological polar surface area (TPSA) is 82.5 Å². The van der Waals surface area contributed by atoms with Crippen molar-refractivity contribution in [2.24, 2.45) is 0 Å². The van der Waals surface area contributed by atoms with E-state index in [4.69, 9.17) is 5.11 Å². The van der Waals surface area contributed by atoms with Crippen LogP contribution in [0, 0.1) is 0 Å². The molecule has 0 aliphatic heterocycles. The highest BCUT2D eigenvalue weighted by Gasteiger charge is 2.19. The van der Waals surface area contributed by atoms with E-state index in [-0.39, 0.29) is 0 Å². The standard InChI is InChI=1S/C12H17N3O3/c1-3-10(11(16)17)14-12(18)15(2)8-9-4-6-13-7-5-9/h4-7,10H,3,8H2,1-2H3,(H,14,18)(H,16,17). The summed E-state index contributed by atoms with van der Waals surface area (Å²) in [5.74, 6) is -1.02. The first-order valence-electron chi connectivity index (χ1n) is 5.68. The van der Waals surface area contributed by atoms with Crippen LogP contribution in [0.5, 0.6) is 0 Å². The van der Waals surface area contributed by atoms with E-state index >= 15 is 0 Å². The first-order valence-corrected chi connectivity index (χ1v) is 5.68. The molecule has 6 heteroatoms. The summed E-state index contributed by atoms with van der Waals surface area (Å²) in [6.45, 7) is 2.12. The van der Waals surface area contributed by atoms with Gasteiger partial charge in [0.1, 0.15) is 6.04 Å². The van der Waals surface area contributed by atoms with E-state index in [1.54, 1.807) is 38.5 Å². The number of pyridine rings is 1. The first-order chi connectivity index (χ1) is 8.54. The third-order valence-corrected chi connectivity index (χ3v) is 2.52. The summed E-state index contributed by atoms with van der Waals surface area (Å²) in [4.78, 5) is 27.9. The van der Waals surface area contributed by atoms with Crippen molar-refractivity contribution in [1.29, 1.82) is 0 Å². The zero-order valence-electron chi connectivity index (χ0n) is 10.5. The second-order valence-corrected chi connectivity index (χ2v) is 3.96. The number of aromatic nitrogens is 1. The van der Waals surface area contributed by atoms with Crippen LogP contribution in [0.2, 0.25) is 0 Å². The van der Waals surface area contributed by atoms with Gasteiger partial charge in [0.2, 0.25) is 0 Å². The molecule has 1 unspecified atom stereocenters.